The van der Waals surface area contributed by atoms with E-state index in [1.807, 2.05) is 0 Å². The van der Waals surface area contributed by atoms with Crippen LogP contribution in [0, 0.1) is 0 Å². The van der Waals surface area contributed by atoms with E-state index in [1.165, 1.54) is 0 Å². The molecule has 1 saturated heterocycles. The Morgan fingerprint density at radius 2 is 2.50 bits per heavy atom. The van der Waals surface area contributed by atoms with Crippen LogP contribution in [0.4, 0.5) is 5.82 Å². The van der Waals surface area contributed by atoms with Gasteiger partial charge in [0.1, 0.15) is 11.9 Å². The molecule has 1 fully saturated rings. The molecule has 0 bridgehead atoms. The van der Waals surface area contributed by atoms with E-state index in [1.54, 1.807) is 6.20 Å². The lowest BCUT2D eigenvalue weighted by Crippen LogP contribution is -2.38. The van der Waals surface area contributed by atoms with Crippen LogP contribution in [0.15, 0.2) is 10.7 Å². The van der Waals surface area contributed by atoms with Crippen LogP contribution in [0.1, 0.15) is 18.9 Å². The molecule has 88 valence electrons. The van der Waals surface area contributed by atoms with E-state index < -0.39 is 0 Å². The van der Waals surface area contributed by atoms with Gasteiger partial charge in [-0.3, -0.25) is 4.90 Å². The van der Waals surface area contributed by atoms with Crippen LogP contribution in [-0.2, 0) is 4.74 Å². The van der Waals surface area contributed by atoms with Crippen LogP contribution in [-0.4, -0.2) is 41.1 Å². The molecule has 0 amide bonds. The zero-order chi connectivity index (χ0) is 11.5. The maximum atomic E-state index is 5.73. The first kappa shape index (κ1) is 11.8. The molecule has 1 aliphatic heterocycles. The second kappa shape index (κ2) is 5.07. The average molecular weight is 287 g/mol. The summed E-state index contributed by atoms with van der Waals surface area (Å²) in [7, 11) is 0. The fraction of sp³-hybridized carbons (Fsp3) is 0.600. The smallest absolute Gasteiger partial charge is 0.160 e. The van der Waals surface area contributed by atoms with Gasteiger partial charge in [0, 0.05) is 19.3 Å². The number of rotatable bonds is 2. The quantitative estimate of drug-likeness (QED) is 0.886. The van der Waals surface area contributed by atoms with E-state index in [2.05, 4.69) is 37.7 Å². The molecule has 0 aromatic carbocycles. The number of hydrogen-bond acceptors (Lipinski definition) is 5. The third kappa shape index (κ3) is 2.50. The number of hydrogen-bond donors (Lipinski definition) is 1. The van der Waals surface area contributed by atoms with Gasteiger partial charge in [-0.05, 0) is 22.5 Å². The minimum atomic E-state index is -0.0656. The van der Waals surface area contributed by atoms with Crippen molar-refractivity contribution in [2.45, 2.75) is 13.0 Å². The maximum absolute atomic E-state index is 5.73. The highest BCUT2D eigenvalue weighted by molar-refractivity contribution is 9.10. The average Bonchev–Trinajstić information content (AvgIpc) is 2.33. The molecule has 1 unspecified atom stereocenters. The van der Waals surface area contributed by atoms with E-state index >= 15 is 0 Å². The summed E-state index contributed by atoms with van der Waals surface area (Å²) in [6, 6.07) is 0. The molecule has 1 aliphatic rings. The Bertz CT molecular complexity index is 374. The van der Waals surface area contributed by atoms with Gasteiger partial charge < -0.3 is 10.5 Å². The summed E-state index contributed by atoms with van der Waals surface area (Å²) >= 11 is 3.28. The fourth-order valence-corrected chi connectivity index (χ4v) is 1.89. The molecule has 1 aromatic rings. The van der Waals surface area contributed by atoms with Gasteiger partial charge in [-0.25, -0.2) is 9.97 Å². The van der Waals surface area contributed by atoms with Crippen molar-refractivity contribution in [3.63, 3.8) is 0 Å². The summed E-state index contributed by atoms with van der Waals surface area (Å²) in [6.07, 6.45) is 1.61. The Hall–Kier alpha value is -0.720. The van der Waals surface area contributed by atoms with Crippen LogP contribution in [0.25, 0.3) is 0 Å². The summed E-state index contributed by atoms with van der Waals surface area (Å²) in [4.78, 5) is 10.8. The topological polar surface area (TPSA) is 64.3 Å². The van der Waals surface area contributed by atoms with Gasteiger partial charge in [0.15, 0.2) is 5.82 Å². The molecule has 1 aromatic heterocycles. The van der Waals surface area contributed by atoms with Crippen molar-refractivity contribution in [2.75, 3.05) is 32.0 Å². The molecule has 6 heteroatoms. The number of aromatic nitrogens is 2. The number of anilines is 1. The van der Waals surface area contributed by atoms with E-state index in [0.717, 1.165) is 30.7 Å². The van der Waals surface area contributed by atoms with Gasteiger partial charge in [-0.15, -0.1) is 0 Å². The summed E-state index contributed by atoms with van der Waals surface area (Å²) in [6.45, 7) is 5.68. The maximum Gasteiger partial charge on any atom is 0.160 e. The van der Waals surface area contributed by atoms with E-state index in [0.29, 0.717) is 11.6 Å². The zero-order valence-corrected chi connectivity index (χ0v) is 10.8. The predicted octanol–water partition coefficient (Wildman–Crippen LogP) is 1.21. The summed E-state index contributed by atoms with van der Waals surface area (Å²) in [5, 5.41) is 0. The summed E-state index contributed by atoms with van der Waals surface area (Å²) in [5.74, 6) is 1.13. The lowest BCUT2D eigenvalue weighted by atomic mass is 10.2. The first-order valence-electron chi connectivity index (χ1n) is 5.32. The van der Waals surface area contributed by atoms with Gasteiger partial charge >= 0.3 is 0 Å². The monoisotopic (exact) mass is 286 g/mol. The van der Waals surface area contributed by atoms with Gasteiger partial charge in [0.25, 0.3) is 0 Å². The molecule has 2 heterocycles. The van der Waals surface area contributed by atoms with Gasteiger partial charge in [0.2, 0.25) is 0 Å². The standard InChI is InChI=1S/C10H15BrN4O/c1-2-15-3-4-16-8(6-15)10-13-5-7(11)9(12)14-10/h5,8H,2-4,6H2,1H3,(H2,12,13,14). The Kier molecular flexibility index (Phi) is 3.73. The minimum absolute atomic E-state index is 0.0656. The van der Waals surface area contributed by atoms with Gasteiger partial charge in [0.05, 0.1) is 11.1 Å². The Morgan fingerprint density at radius 1 is 1.69 bits per heavy atom. The van der Waals surface area contributed by atoms with Crippen LogP contribution in [0.3, 0.4) is 0 Å². The number of likely N-dealkylation sites (N-methyl/N-ethyl adjacent to an activating group) is 1. The molecule has 0 radical (unpaired) electrons. The highest BCUT2D eigenvalue weighted by Crippen LogP contribution is 2.22. The zero-order valence-electron chi connectivity index (χ0n) is 9.19. The Balaban J connectivity index is 2.13. The van der Waals surface area contributed by atoms with Crippen LogP contribution < -0.4 is 5.73 Å². The van der Waals surface area contributed by atoms with Crippen molar-refractivity contribution in [3.8, 4) is 0 Å². The molecule has 5 nitrogen and oxygen atoms in total. The molecule has 16 heavy (non-hydrogen) atoms. The minimum Gasteiger partial charge on any atom is -0.383 e. The second-order valence-corrected chi connectivity index (χ2v) is 4.57. The van der Waals surface area contributed by atoms with Crippen molar-refractivity contribution in [1.29, 1.82) is 0 Å². The lowest BCUT2D eigenvalue weighted by molar-refractivity contribution is -0.0325. The highest BCUT2D eigenvalue weighted by Gasteiger charge is 2.23. The molecule has 2 rings (SSSR count). The summed E-state index contributed by atoms with van der Waals surface area (Å²) < 4.78 is 6.38. The fourth-order valence-electron chi connectivity index (χ4n) is 1.70. The summed E-state index contributed by atoms with van der Waals surface area (Å²) in [5.41, 5.74) is 5.73. The van der Waals surface area contributed by atoms with Crippen molar-refractivity contribution in [3.05, 3.63) is 16.5 Å². The van der Waals surface area contributed by atoms with Crippen molar-refractivity contribution in [2.24, 2.45) is 0 Å². The lowest BCUT2D eigenvalue weighted by Gasteiger charge is -2.31. The second-order valence-electron chi connectivity index (χ2n) is 3.71. The van der Waals surface area contributed by atoms with E-state index in [4.69, 9.17) is 10.5 Å². The molecule has 0 saturated carbocycles. The van der Waals surface area contributed by atoms with Gasteiger partial charge in [-0.1, -0.05) is 6.92 Å². The van der Waals surface area contributed by atoms with Gasteiger partial charge in [-0.2, -0.15) is 0 Å². The van der Waals surface area contributed by atoms with Crippen molar-refractivity contribution >= 4 is 21.7 Å². The van der Waals surface area contributed by atoms with E-state index in [9.17, 15) is 0 Å². The molecule has 1 atom stereocenters. The van der Waals surface area contributed by atoms with Crippen molar-refractivity contribution in [1.82, 2.24) is 14.9 Å². The number of nitrogens with zero attached hydrogens (tertiary/aromatic N) is 3. The number of nitrogen functional groups attached to an aromatic ring is 1. The number of halogens is 1. The SMILES string of the molecule is CCN1CCOC(c2ncc(Br)c(N)n2)C1. The molecule has 0 spiro atoms. The Labute approximate surface area is 103 Å². The number of nitrogens with two attached hydrogens (primary N) is 1. The largest absolute Gasteiger partial charge is 0.383 e. The Morgan fingerprint density at radius 3 is 3.19 bits per heavy atom. The number of morpholine rings is 1. The third-order valence-corrected chi connectivity index (χ3v) is 3.29. The highest BCUT2D eigenvalue weighted by atomic mass is 79.9. The first-order chi connectivity index (χ1) is 7.70. The normalized spacial score (nSPS) is 22.2. The molecular weight excluding hydrogens is 272 g/mol. The van der Waals surface area contributed by atoms with Crippen LogP contribution in [0.5, 0.6) is 0 Å². The van der Waals surface area contributed by atoms with Crippen molar-refractivity contribution < 1.29 is 4.74 Å². The predicted molar refractivity (Wildman–Crippen MR) is 65.0 cm³/mol. The molecule has 2 N–H and O–H groups in total. The number of ether oxygens (including phenoxy) is 1. The van der Waals surface area contributed by atoms with Crippen LogP contribution >= 0.6 is 15.9 Å². The molecular formula is C10H15BrN4O. The van der Waals surface area contributed by atoms with Crippen LogP contribution in [0.2, 0.25) is 0 Å². The first-order valence-corrected chi connectivity index (χ1v) is 6.12. The molecule has 0 aliphatic carbocycles. The van der Waals surface area contributed by atoms with E-state index in [-0.39, 0.29) is 6.10 Å². The third-order valence-electron chi connectivity index (χ3n) is 2.68.